The number of carboxylic acid groups (broad SMARTS) is 1. The fraction of sp³-hybridized carbons (Fsp3) is 0.316. The van der Waals surface area contributed by atoms with Crippen LogP contribution in [0.25, 0.3) is 0 Å². The van der Waals surface area contributed by atoms with E-state index in [4.69, 9.17) is 0 Å². The van der Waals surface area contributed by atoms with Crippen molar-refractivity contribution >= 4 is 5.97 Å². The molecule has 0 saturated heterocycles. The van der Waals surface area contributed by atoms with E-state index in [1.807, 2.05) is 30.3 Å². The van der Waals surface area contributed by atoms with Gasteiger partial charge in [0.1, 0.15) is 5.75 Å². The molecule has 0 fully saturated rings. The number of hydrogen-bond donors (Lipinski definition) is 2. The molecular formula is C19H20O3. The maximum Gasteiger partial charge on any atom is 0.303 e. The molecule has 2 aromatic carbocycles. The molecule has 1 aliphatic carbocycles. The van der Waals surface area contributed by atoms with Crippen LogP contribution in [0.15, 0.2) is 36.4 Å². The number of aromatic hydroxyl groups is 1. The summed E-state index contributed by atoms with van der Waals surface area (Å²) in [5.74, 6) is -0.477. The van der Waals surface area contributed by atoms with Crippen molar-refractivity contribution < 1.29 is 15.0 Å². The molecule has 0 amide bonds. The van der Waals surface area contributed by atoms with Crippen molar-refractivity contribution in [2.24, 2.45) is 0 Å². The van der Waals surface area contributed by atoms with Crippen LogP contribution in [0.1, 0.15) is 47.1 Å². The number of benzene rings is 2. The van der Waals surface area contributed by atoms with E-state index in [-0.39, 0.29) is 12.3 Å². The summed E-state index contributed by atoms with van der Waals surface area (Å²) in [5.41, 5.74) is 5.75. The number of phenols is 1. The highest BCUT2D eigenvalue weighted by Gasteiger charge is 2.25. The maximum absolute atomic E-state index is 11.3. The summed E-state index contributed by atoms with van der Waals surface area (Å²) in [6, 6.07) is 11.7. The van der Waals surface area contributed by atoms with Gasteiger partial charge in [-0.05, 0) is 65.1 Å². The van der Waals surface area contributed by atoms with Gasteiger partial charge in [-0.25, -0.2) is 0 Å². The number of hydrogen-bond acceptors (Lipinski definition) is 2. The van der Waals surface area contributed by atoms with Gasteiger partial charge in [0.05, 0.1) is 6.42 Å². The quantitative estimate of drug-likeness (QED) is 0.908. The summed E-state index contributed by atoms with van der Waals surface area (Å²) in [6.45, 7) is 2.07. The first-order valence-corrected chi connectivity index (χ1v) is 7.71. The number of carbonyl (C=O) groups is 1. The molecular weight excluding hydrogens is 276 g/mol. The number of fused-ring (bicyclic) bond motifs is 2. The van der Waals surface area contributed by atoms with E-state index < -0.39 is 5.97 Å². The largest absolute Gasteiger partial charge is 0.508 e. The fourth-order valence-electron chi connectivity index (χ4n) is 3.56. The van der Waals surface area contributed by atoms with Gasteiger partial charge in [0, 0.05) is 0 Å². The van der Waals surface area contributed by atoms with Crippen molar-refractivity contribution in [1.82, 2.24) is 0 Å². The molecule has 0 saturated carbocycles. The van der Waals surface area contributed by atoms with Crippen LogP contribution in [-0.2, 0) is 24.1 Å². The van der Waals surface area contributed by atoms with E-state index in [2.05, 4.69) is 13.0 Å². The molecule has 1 aliphatic rings. The molecule has 2 aromatic rings. The minimum Gasteiger partial charge on any atom is -0.508 e. The number of aryl methyl sites for hydroxylation is 1. The lowest BCUT2D eigenvalue weighted by atomic mass is 9.87. The van der Waals surface area contributed by atoms with Crippen LogP contribution in [0.3, 0.4) is 0 Å². The number of rotatable bonds is 3. The zero-order valence-corrected chi connectivity index (χ0v) is 12.7. The van der Waals surface area contributed by atoms with Gasteiger partial charge in [0.15, 0.2) is 0 Å². The van der Waals surface area contributed by atoms with E-state index >= 15 is 0 Å². The van der Waals surface area contributed by atoms with Crippen LogP contribution in [0.4, 0.5) is 0 Å². The van der Waals surface area contributed by atoms with E-state index in [1.54, 1.807) is 0 Å². The monoisotopic (exact) mass is 296 g/mol. The average molecular weight is 296 g/mol. The summed E-state index contributed by atoms with van der Waals surface area (Å²) in [6.07, 6.45) is 2.46. The highest BCUT2D eigenvalue weighted by atomic mass is 16.4. The molecule has 114 valence electrons. The fourth-order valence-corrected chi connectivity index (χ4v) is 3.56. The van der Waals surface area contributed by atoms with Gasteiger partial charge in [-0.2, -0.15) is 0 Å². The minimum absolute atomic E-state index is 0.00945. The van der Waals surface area contributed by atoms with Crippen molar-refractivity contribution in [2.75, 3.05) is 0 Å². The summed E-state index contributed by atoms with van der Waals surface area (Å²) >= 11 is 0. The maximum atomic E-state index is 11.3. The van der Waals surface area contributed by atoms with Crippen molar-refractivity contribution in [3.8, 4) is 5.75 Å². The summed E-state index contributed by atoms with van der Waals surface area (Å²) in [5, 5.41) is 19.2. The second-order valence-corrected chi connectivity index (χ2v) is 5.97. The van der Waals surface area contributed by atoms with Gasteiger partial charge in [-0.1, -0.05) is 31.2 Å². The van der Waals surface area contributed by atoms with Crippen molar-refractivity contribution in [2.45, 2.75) is 38.5 Å². The Labute approximate surface area is 130 Å². The highest BCUT2D eigenvalue weighted by Crippen LogP contribution is 2.37. The van der Waals surface area contributed by atoms with Gasteiger partial charge >= 0.3 is 5.97 Å². The van der Waals surface area contributed by atoms with Crippen molar-refractivity contribution in [1.29, 1.82) is 0 Å². The van der Waals surface area contributed by atoms with Crippen LogP contribution in [-0.4, -0.2) is 16.2 Å². The Balaban J connectivity index is 2.14. The van der Waals surface area contributed by atoms with Crippen LogP contribution in [0, 0.1) is 0 Å². The predicted octanol–water partition coefficient (Wildman–Crippen LogP) is 3.66. The lowest BCUT2D eigenvalue weighted by Gasteiger charge is -2.17. The Morgan fingerprint density at radius 2 is 2.00 bits per heavy atom. The molecule has 0 radical (unpaired) electrons. The topological polar surface area (TPSA) is 57.5 Å². The van der Waals surface area contributed by atoms with Crippen molar-refractivity contribution in [3.63, 3.8) is 0 Å². The lowest BCUT2D eigenvalue weighted by Crippen LogP contribution is -2.10. The smallest absolute Gasteiger partial charge is 0.303 e. The Morgan fingerprint density at radius 3 is 2.73 bits per heavy atom. The molecule has 0 aromatic heterocycles. The van der Waals surface area contributed by atoms with Crippen LogP contribution >= 0.6 is 0 Å². The molecule has 22 heavy (non-hydrogen) atoms. The van der Waals surface area contributed by atoms with Gasteiger partial charge in [0.2, 0.25) is 0 Å². The second-order valence-electron chi connectivity index (χ2n) is 5.97. The second kappa shape index (κ2) is 5.84. The third-order valence-corrected chi connectivity index (χ3v) is 4.55. The molecule has 3 rings (SSSR count). The van der Waals surface area contributed by atoms with E-state index in [0.29, 0.717) is 5.75 Å². The third kappa shape index (κ3) is 2.71. The van der Waals surface area contributed by atoms with E-state index in [1.165, 1.54) is 11.1 Å². The zero-order valence-electron chi connectivity index (χ0n) is 12.7. The standard InChI is InChI=1S/C19H20O3/c1-2-12-8-16(20)9-14-7-13-5-3-4-6-17(13)15(10-18(12)14)11-19(21)22/h3-6,8-9,15,20H,2,7,10-11H2,1H3,(H,21,22)/t15-/m1/s1. The molecule has 1 atom stereocenters. The Kier molecular flexibility index (Phi) is 3.88. The first-order valence-electron chi connectivity index (χ1n) is 7.71. The molecule has 0 aliphatic heterocycles. The number of aliphatic carboxylic acids is 1. The Hall–Kier alpha value is -2.29. The third-order valence-electron chi connectivity index (χ3n) is 4.55. The normalized spacial score (nSPS) is 16.5. The van der Waals surface area contributed by atoms with Gasteiger partial charge in [-0.3, -0.25) is 4.79 Å². The summed E-state index contributed by atoms with van der Waals surface area (Å²) in [4.78, 5) is 11.3. The predicted molar refractivity (Wildman–Crippen MR) is 85.4 cm³/mol. The molecule has 3 nitrogen and oxygen atoms in total. The summed E-state index contributed by atoms with van der Waals surface area (Å²) in [7, 11) is 0. The first kappa shape index (κ1) is 14.6. The Morgan fingerprint density at radius 1 is 1.23 bits per heavy atom. The summed E-state index contributed by atoms with van der Waals surface area (Å²) < 4.78 is 0. The number of phenolic OH excluding ortho intramolecular Hbond substituents is 1. The van der Waals surface area contributed by atoms with Crippen LogP contribution < -0.4 is 0 Å². The lowest BCUT2D eigenvalue weighted by molar-refractivity contribution is -0.137. The molecule has 0 heterocycles. The van der Waals surface area contributed by atoms with Crippen molar-refractivity contribution in [3.05, 3.63) is 64.2 Å². The zero-order chi connectivity index (χ0) is 15.7. The molecule has 3 heteroatoms. The van der Waals surface area contributed by atoms with Gasteiger partial charge < -0.3 is 10.2 Å². The number of carboxylic acids is 1. The molecule has 2 N–H and O–H groups in total. The highest BCUT2D eigenvalue weighted by molar-refractivity contribution is 5.68. The first-order chi connectivity index (χ1) is 10.6. The Bertz CT molecular complexity index is 719. The van der Waals surface area contributed by atoms with Gasteiger partial charge in [-0.15, -0.1) is 0 Å². The molecule has 0 spiro atoms. The van der Waals surface area contributed by atoms with Gasteiger partial charge in [0.25, 0.3) is 0 Å². The van der Waals surface area contributed by atoms with E-state index in [0.717, 1.165) is 36.0 Å². The molecule has 0 bridgehead atoms. The molecule has 0 unspecified atom stereocenters. The van der Waals surface area contributed by atoms with Crippen LogP contribution in [0.2, 0.25) is 0 Å². The van der Waals surface area contributed by atoms with E-state index in [9.17, 15) is 15.0 Å². The minimum atomic E-state index is -0.764. The average Bonchev–Trinajstić information content (AvgIpc) is 2.62. The SMILES string of the molecule is CCc1cc(O)cc2c1C[C@H](CC(=O)O)c1ccccc1C2. The van der Waals surface area contributed by atoms with Crippen LogP contribution in [0.5, 0.6) is 5.75 Å².